The summed E-state index contributed by atoms with van der Waals surface area (Å²) >= 11 is 0. The third kappa shape index (κ3) is 7.91. The van der Waals surface area contributed by atoms with E-state index >= 15 is 0 Å². The standard InChI is InChI=1S/C23H29N9O14P2/c24-19-15-20(28-22(27-19)29-30-25)32(10-26-15)21-18(36)17(35)14(45-21)9-44-48(40,41)46-47(38,39)43-8-12-16(34)13(33)6-31(12)23(37)42-7-11-4-2-1-3-5-11/h1-5,10,12-14,16-18,21,33-36H,6-9H2,(H,38,39)(H,40,41)(H2,24,27,28)/t12-,13+,14-,16-,17-,18-,21-/m1/s1. The Labute approximate surface area is 268 Å². The number of imidazole rings is 1. The number of phosphoric acid groups is 2. The van der Waals surface area contributed by atoms with Crippen molar-refractivity contribution in [2.75, 3.05) is 25.5 Å². The maximum atomic E-state index is 12.6. The number of rotatable bonds is 12. The Morgan fingerprint density at radius 3 is 2.44 bits per heavy atom. The van der Waals surface area contributed by atoms with Gasteiger partial charge in [-0.1, -0.05) is 30.3 Å². The maximum absolute atomic E-state index is 12.6. The third-order valence-corrected chi connectivity index (χ3v) is 9.81. The van der Waals surface area contributed by atoms with Crippen molar-refractivity contribution in [2.45, 2.75) is 49.4 Å². The van der Waals surface area contributed by atoms with Gasteiger partial charge in [-0.25, -0.2) is 28.9 Å². The van der Waals surface area contributed by atoms with Gasteiger partial charge >= 0.3 is 21.7 Å². The van der Waals surface area contributed by atoms with E-state index in [1.807, 2.05) is 0 Å². The number of carbonyl (C=O) groups excluding carboxylic acids is 1. The number of hydrogen-bond donors (Lipinski definition) is 7. The van der Waals surface area contributed by atoms with Gasteiger partial charge in [0.05, 0.1) is 38.2 Å². The zero-order chi connectivity index (χ0) is 34.8. The summed E-state index contributed by atoms with van der Waals surface area (Å²) in [6.45, 7) is -2.48. The highest BCUT2D eigenvalue weighted by Gasteiger charge is 2.48. The molecule has 1 amide bonds. The average Bonchev–Trinajstić information content (AvgIpc) is 3.67. The summed E-state index contributed by atoms with van der Waals surface area (Å²) in [7, 11) is -10.9. The minimum absolute atomic E-state index is 0.0377. The molecular formula is C23H29N9O14P2. The molecule has 260 valence electrons. The van der Waals surface area contributed by atoms with Crippen molar-refractivity contribution in [2.24, 2.45) is 5.11 Å². The second-order valence-electron chi connectivity index (χ2n) is 10.4. The second-order valence-corrected chi connectivity index (χ2v) is 13.4. The van der Waals surface area contributed by atoms with E-state index in [9.17, 15) is 44.1 Å². The van der Waals surface area contributed by atoms with Crippen LogP contribution in [0, 0.1) is 0 Å². The fourth-order valence-electron chi connectivity index (χ4n) is 4.90. The Morgan fingerprint density at radius 1 is 1.06 bits per heavy atom. The number of aromatic nitrogens is 4. The molecule has 48 heavy (non-hydrogen) atoms. The SMILES string of the molecule is [N-]=[N+]=Nc1nc(N)c2ncn([C@@H]3O[C@H](COP(=O)(O)OP(=O)(O)OC[C@@H]4[C@@H](O)[C@@H](O)CN4C(=O)OCc4ccccc4)[C@@H](O)[C@H]3O)c2n1. The molecule has 0 aliphatic carbocycles. The summed E-state index contributed by atoms with van der Waals surface area (Å²) in [5, 5.41) is 44.8. The number of amides is 1. The summed E-state index contributed by atoms with van der Waals surface area (Å²) < 4.78 is 50.7. The van der Waals surface area contributed by atoms with Gasteiger partial charge in [-0.2, -0.15) is 4.31 Å². The molecule has 2 unspecified atom stereocenters. The van der Waals surface area contributed by atoms with E-state index < -0.39 is 84.3 Å². The summed E-state index contributed by atoms with van der Waals surface area (Å²) in [6.07, 6.45) is -9.36. The first-order chi connectivity index (χ1) is 22.7. The Kier molecular flexibility index (Phi) is 10.6. The predicted octanol–water partition coefficient (Wildman–Crippen LogP) is -0.0371. The van der Waals surface area contributed by atoms with E-state index in [4.69, 9.17) is 29.8 Å². The second kappa shape index (κ2) is 14.4. The number of nitrogens with zero attached hydrogens (tertiary/aromatic N) is 8. The largest absolute Gasteiger partial charge is 0.481 e. The van der Waals surface area contributed by atoms with Crippen molar-refractivity contribution in [1.29, 1.82) is 0 Å². The minimum atomic E-state index is -5.45. The molecule has 25 heteroatoms. The molecule has 1 aromatic carbocycles. The molecule has 0 radical (unpaired) electrons. The Balaban J connectivity index is 1.17. The van der Waals surface area contributed by atoms with Crippen LogP contribution in [0.25, 0.3) is 21.6 Å². The smallest absolute Gasteiger partial charge is 0.445 e. The number of nitrogen functional groups attached to an aromatic ring is 1. The van der Waals surface area contributed by atoms with Crippen LogP contribution in [0.4, 0.5) is 16.6 Å². The van der Waals surface area contributed by atoms with Crippen molar-refractivity contribution < 1.29 is 67.0 Å². The number of β-amino-alcohol motifs (C(OH)–C–C–N with tert-alkyl or cyclic N) is 1. The number of hydrogen-bond acceptors (Lipinski definition) is 17. The first kappa shape index (κ1) is 35.5. The number of benzene rings is 1. The predicted molar refractivity (Wildman–Crippen MR) is 156 cm³/mol. The van der Waals surface area contributed by atoms with Crippen LogP contribution in [0.3, 0.4) is 0 Å². The number of aliphatic hydroxyl groups is 4. The van der Waals surface area contributed by atoms with E-state index in [2.05, 4.69) is 29.3 Å². The van der Waals surface area contributed by atoms with Crippen molar-refractivity contribution >= 4 is 44.7 Å². The number of aliphatic hydroxyl groups excluding tert-OH is 4. The number of carbonyl (C=O) groups is 1. The molecule has 5 rings (SSSR count). The fourth-order valence-corrected chi connectivity index (χ4v) is 6.99. The van der Waals surface area contributed by atoms with Gasteiger partial charge in [-0.05, 0) is 16.2 Å². The molecule has 8 N–H and O–H groups in total. The fraction of sp³-hybridized carbons (Fsp3) is 0.478. The highest BCUT2D eigenvalue weighted by molar-refractivity contribution is 7.61. The molecular weight excluding hydrogens is 688 g/mol. The molecule has 2 aromatic heterocycles. The monoisotopic (exact) mass is 717 g/mol. The maximum Gasteiger partial charge on any atom is 0.481 e. The number of fused-ring (bicyclic) bond motifs is 1. The summed E-state index contributed by atoms with van der Waals surface area (Å²) in [5.74, 6) is -0.544. The lowest BCUT2D eigenvalue weighted by Gasteiger charge is -2.26. The van der Waals surface area contributed by atoms with E-state index in [0.29, 0.717) is 5.56 Å². The van der Waals surface area contributed by atoms with E-state index in [0.717, 1.165) is 15.8 Å². The Hall–Kier alpha value is -3.79. The van der Waals surface area contributed by atoms with E-state index in [-0.39, 0.29) is 29.5 Å². The molecule has 9 atom stereocenters. The van der Waals surface area contributed by atoms with Crippen LogP contribution in [0.1, 0.15) is 11.8 Å². The third-order valence-electron chi connectivity index (χ3n) is 7.21. The van der Waals surface area contributed by atoms with E-state index in [1.54, 1.807) is 30.3 Å². The number of likely N-dealkylation sites (tertiary alicyclic amines) is 1. The molecule has 2 aliphatic rings. The number of ether oxygens (including phenoxy) is 2. The van der Waals surface area contributed by atoms with E-state index in [1.165, 1.54) is 0 Å². The van der Waals surface area contributed by atoms with Crippen LogP contribution in [0.5, 0.6) is 0 Å². The summed E-state index contributed by atoms with van der Waals surface area (Å²) in [6, 6.07) is 7.14. The highest BCUT2D eigenvalue weighted by Crippen LogP contribution is 2.60. The van der Waals surface area contributed by atoms with Gasteiger partial charge in [0.1, 0.15) is 36.5 Å². The van der Waals surface area contributed by atoms with Crippen LogP contribution in [-0.4, -0.2) is 117 Å². The Morgan fingerprint density at radius 2 is 1.75 bits per heavy atom. The molecule has 0 saturated carbocycles. The van der Waals surface area contributed by atoms with Gasteiger partial charge in [0.2, 0.25) is 5.95 Å². The normalized spacial score (nSPS) is 28.1. The number of anilines is 1. The van der Waals surface area contributed by atoms with Gasteiger partial charge in [-0.3, -0.25) is 18.5 Å². The molecule has 4 heterocycles. The van der Waals surface area contributed by atoms with Crippen LogP contribution < -0.4 is 5.73 Å². The number of phosphoric ester groups is 2. The number of nitrogens with two attached hydrogens (primary N) is 1. The van der Waals surface area contributed by atoms with Gasteiger partial charge in [-0.15, -0.1) is 0 Å². The van der Waals surface area contributed by atoms with Gasteiger partial charge in [0.25, 0.3) is 0 Å². The average molecular weight is 717 g/mol. The quantitative estimate of drug-likeness (QED) is 0.0559. The molecule has 3 aromatic rings. The first-order valence-electron chi connectivity index (χ1n) is 13.8. The zero-order valence-electron chi connectivity index (χ0n) is 24.3. The lowest BCUT2D eigenvalue weighted by atomic mass is 10.1. The van der Waals surface area contributed by atoms with Crippen molar-refractivity contribution in [3.05, 3.63) is 52.7 Å². The van der Waals surface area contributed by atoms with Crippen molar-refractivity contribution in [3.8, 4) is 0 Å². The first-order valence-corrected chi connectivity index (χ1v) is 16.7. The minimum Gasteiger partial charge on any atom is -0.445 e. The topological polar surface area (TPSA) is 340 Å². The molecule has 2 aliphatic heterocycles. The molecule has 2 saturated heterocycles. The van der Waals surface area contributed by atoms with Gasteiger partial charge in [0.15, 0.2) is 17.7 Å². The molecule has 0 bridgehead atoms. The van der Waals surface area contributed by atoms with Crippen LogP contribution >= 0.6 is 15.6 Å². The Bertz CT molecular complexity index is 1780. The lowest BCUT2D eigenvalue weighted by molar-refractivity contribution is -0.0504. The van der Waals surface area contributed by atoms with Gasteiger partial charge < -0.3 is 45.4 Å². The van der Waals surface area contributed by atoms with Crippen molar-refractivity contribution in [1.82, 2.24) is 24.4 Å². The summed E-state index contributed by atoms with van der Waals surface area (Å²) in [4.78, 5) is 48.0. The molecule has 23 nitrogen and oxygen atoms in total. The van der Waals surface area contributed by atoms with Crippen LogP contribution in [0.15, 0.2) is 41.8 Å². The molecule has 2 fully saturated rings. The van der Waals surface area contributed by atoms with Crippen LogP contribution in [0.2, 0.25) is 0 Å². The number of azide groups is 1. The lowest BCUT2D eigenvalue weighted by Crippen LogP contribution is -2.43. The summed E-state index contributed by atoms with van der Waals surface area (Å²) in [5.41, 5.74) is 15.1. The van der Waals surface area contributed by atoms with Crippen molar-refractivity contribution in [3.63, 3.8) is 0 Å². The van der Waals surface area contributed by atoms with Crippen LogP contribution in [-0.2, 0) is 38.6 Å². The highest BCUT2D eigenvalue weighted by atomic mass is 31.3. The van der Waals surface area contributed by atoms with Gasteiger partial charge in [0, 0.05) is 4.91 Å². The zero-order valence-corrected chi connectivity index (χ0v) is 26.1. The molecule has 0 spiro atoms.